The Bertz CT molecular complexity index is 937. The van der Waals surface area contributed by atoms with Crippen molar-refractivity contribution in [2.75, 3.05) is 13.2 Å². The summed E-state index contributed by atoms with van der Waals surface area (Å²) in [4.78, 5) is 20.3. The number of hydrogen-bond donors (Lipinski definition) is 3. The molecule has 2 heterocycles. The van der Waals surface area contributed by atoms with Gasteiger partial charge in [0, 0.05) is 18.9 Å². The number of aliphatic hydroxyl groups excluding tert-OH is 1. The Balaban J connectivity index is 1.49. The molecule has 1 saturated heterocycles. The summed E-state index contributed by atoms with van der Waals surface area (Å²) in [6.07, 6.45) is 5.20. The maximum absolute atomic E-state index is 12.4. The summed E-state index contributed by atoms with van der Waals surface area (Å²) in [6, 6.07) is 6.28. The Labute approximate surface area is 176 Å². The first kappa shape index (κ1) is 22.3. The van der Waals surface area contributed by atoms with Crippen LogP contribution in [0.15, 0.2) is 47.8 Å². The summed E-state index contributed by atoms with van der Waals surface area (Å²) in [5, 5.41) is 12.5. The fourth-order valence-electron chi connectivity index (χ4n) is 3.32. The summed E-state index contributed by atoms with van der Waals surface area (Å²) in [7, 11) is -3.58. The SMILES string of the molecule is Cc1ccc(S(=O)(=O)NCC[C@@H]2CC[C@@H](NC(=O)c3cnccn3)[C@H](CO)O2)cc1. The zero-order valence-electron chi connectivity index (χ0n) is 16.7. The molecule has 1 aliphatic rings. The van der Waals surface area contributed by atoms with Crippen LogP contribution in [0, 0.1) is 6.92 Å². The third kappa shape index (κ3) is 5.82. The average molecular weight is 435 g/mol. The molecule has 0 spiro atoms. The number of aliphatic hydroxyl groups is 1. The summed E-state index contributed by atoms with van der Waals surface area (Å²) >= 11 is 0. The molecule has 30 heavy (non-hydrogen) atoms. The highest BCUT2D eigenvalue weighted by atomic mass is 32.2. The van der Waals surface area contributed by atoms with Crippen LogP contribution in [0.2, 0.25) is 0 Å². The monoisotopic (exact) mass is 434 g/mol. The van der Waals surface area contributed by atoms with Crippen LogP contribution in [0.3, 0.4) is 0 Å². The van der Waals surface area contributed by atoms with Crippen molar-refractivity contribution in [3.8, 4) is 0 Å². The molecule has 1 aromatic heterocycles. The number of nitrogens with zero attached hydrogens (tertiary/aromatic N) is 2. The van der Waals surface area contributed by atoms with E-state index in [1.165, 1.54) is 18.6 Å². The van der Waals surface area contributed by atoms with Gasteiger partial charge in [0.25, 0.3) is 5.91 Å². The summed E-state index contributed by atoms with van der Waals surface area (Å²) < 4.78 is 33.2. The molecule has 3 atom stereocenters. The van der Waals surface area contributed by atoms with Crippen molar-refractivity contribution in [1.29, 1.82) is 0 Å². The van der Waals surface area contributed by atoms with Crippen LogP contribution in [0.4, 0.5) is 0 Å². The lowest BCUT2D eigenvalue weighted by atomic mass is 9.97. The molecule has 1 aromatic carbocycles. The van der Waals surface area contributed by atoms with E-state index in [2.05, 4.69) is 20.0 Å². The predicted octanol–water partition coefficient (Wildman–Crippen LogP) is 0.792. The van der Waals surface area contributed by atoms with E-state index >= 15 is 0 Å². The Morgan fingerprint density at radius 2 is 2.00 bits per heavy atom. The van der Waals surface area contributed by atoms with Crippen molar-refractivity contribution < 1.29 is 23.1 Å². The van der Waals surface area contributed by atoms with Gasteiger partial charge < -0.3 is 15.2 Å². The second-order valence-electron chi connectivity index (χ2n) is 7.23. The van der Waals surface area contributed by atoms with Gasteiger partial charge in [0.2, 0.25) is 10.0 Å². The molecular weight excluding hydrogens is 408 g/mol. The first-order chi connectivity index (χ1) is 14.4. The molecule has 1 aliphatic heterocycles. The van der Waals surface area contributed by atoms with E-state index in [4.69, 9.17) is 4.74 Å². The maximum atomic E-state index is 12.4. The molecule has 0 aliphatic carbocycles. The van der Waals surface area contributed by atoms with Gasteiger partial charge in [-0.15, -0.1) is 0 Å². The molecule has 0 radical (unpaired) electrons. The zero-order valence-corrected chi connectivity index (χ0v) is 17.5. The molecule has 1 fully saturated rings. The van der Waals surface area contributed by atoms with Crippen LogP contribution in [-0.4, -0.2) is 60.8 Å². The molecule has 1 amide bonds. The highest BCUT2D eigenvalue weighted by Crippen LogP contribution is 2.22. The summed E-state index contributed by atoms with van der Waals surface area (Å²) in [5.74, 6) is -0.376. The van der Waals surface area contributed by atoms with Crippen molar-refractivity contribution in [1.82, 2.24) is 20.0 Å². The van der Waals surface area contributed by atoms with E-state index in [1.54, 1.807) is 24.3 Å². The van der Waals surface area contributed by atoms with Crippen LogP contribution in [0.1, 0.15) is 35.3 Å². The van der Waals surface area contributed by atoms with Gasteiger partial charge in [-0.1, -0.05) is 17.7 Å². The number of hydrogen-bond acceptors (Lipinski definition) is 7. The molecule has 3 rings (SSSR count). The number of aryl methyl sites for hydroxylation is 1. The Kier molecular flexibility index (Phi) is 7.48. The zero-order chi connectivity index (χ0) is 21.6. The smallest absolute Gasteiger partial charge is 0.271 e. The number of ether oxygens (including phenoxy) is 1. The number of benzene rings is 1. The van der Waals surface area contributed by atoms with Crippen LogP contribution in [0.25, 0.3) is 0 Å². The molecule has 0 saturated carbocycles. The topological polar surface area (TPSA) is 131 Å². The van der Waals surface area contributed by atoms with Crippen LogP contribution in [0.5, 0.6) is 0 Å². The Morgan fingerprint density at radius 1 is 1.23 bits per heavy atom. The van der Waals surface area contributed by atoms with Gasteiger partial charge >= 0.3 is 0 Å². The highest BCUT2D eigenvalue weighted by Gasteiger charge is 2.32. The predicted molar refractivity (Wildman–Crippen MR) is 109 cm³/mol. The third-order valence-electron chi connectivity index (χ3n) is 5.00. The standard InChI is InChI=1S/C20H26N4O5S/c1-14-2-5-16(6-3-14)30(27,28)23-9-8-15-4-7-17(19(13-25)29-15)24-20(26)18-12-21-10-11-22-18/h2-3,5-6,10-12,15,17,19,23,25H,4,7-9,13H2,1H3,(H,24,26)/t15-,17+,19-/m0/s1. The van der Waals surface area contributed by atoms with E-state index in [0.29, 0.717) is 19.3 Å². The molecule has 2 aromatic rings. The fraction of sp³-hybridized carbons (Fsp3) is 0.450. The minimum absolute atomic E-state index is 0.196. The second kappa shape index (κ2) is 10.1. The van der Waals surface area contributed by atoms with Gasteiger partial charge in [-0.3, -0.25) is 9.78 Å². The van der Waals surface area contributed by atoms with E-state index in [-0.39, 0.29) is 41.8 Å². The summed E-state index contributed by atoms with van der Waals surface area (Å²) in [5.41, 5.74) is 1.18. The molecule has 9 nitrogen and oxygen atoms in total. The fourth-order valence-corrected chi connectivity index (χ4v) is 4.37. The van der Waals surface area contributed by atoms with Crippen LogP contribution >= 0.6 is 0 Å². The molecule has 0 bridgehead atoms. The van der Waals surface area contributed by atoms with E-state index in [1.807, 2.05) is 6.92 Å². The number of carbonyl (C=O) groups is 1. The highest BCUT2D eigenvalue weighted by molar-refractivity contribution is 7.89. The van der Waals surface area contributed by atoms with Gasteiger partial charge in [0.05, 0.1) is 29.8 Å². The number of carbonyl (C=O) groups excluding carboxylic acids is 1. The minimum Gasteiger partial charge on any atom is -0.394 e. The quantitative estimate of drug-likeness (QED) is 0.560. The van der Waals surface area contributed by atoms with Crippen molar-refractivity contribution in [2.45, 2.75) is 49.3 Å². The number of nitrogens with one attached hydrogen (secondary N) is 2. The molecule has 162 valence electrons. The van der Waals surface area contributed by atoms with Gasteiger partial charge in [0.15, 0.2) is 0 Å². The van der Waals surface area contributed by atoms with Crippen molar-refractivity contribution in [3.05, 3.63) is 54.1 Å². The van der Waals surface area contributed by atoms with Crippen LogP contribution < -0.4 is 10.0 Å². The van der Waals surface area contributed by atoms with Gasteiger partial charge in [-0.25, -0.2) is 18.1 Å². The average Bonchev–Trinajstić information content (AvgIpc) is 2.75. The lowest BCUT2D eigenvalue weighted by Crippen LogP contribution is -2.51. The summed E-state index contributed by atoms with van der Waals surface area (Å²) in [6.45, 7) is 1.86. The first-order valence-electron chi connectivity index (χ1n) is 9.78. The molecule has 10 heteroatoms. The van der Waals surface area contributed by atoms with Gasteiger partial charge in [-0.2, -0.15) is 0 Å². The largest absolute Gasteiger partial charge is 0.394 e. The number of aromatic nitrogens is 2. The van der Waals surface area contributed by atoms with E-state index in [0.717, 1.165) is 5.56 Å². The van der Waals surface area contributed by atoms with Crippen molar-refractivity contribution in [3.63, 3.8) is 0 Å². The van der Waals surface area contributed by atoms with Crippen LogP contribution in [-0.2, 0) is 14.8 Å². The van der Waals surface area contributed by atoms with E-state index in [9.17, 15) is 18.3 Å². The lowest BCUT2D eigenvalue weighted by molar-refractivity contribution is -0.0891. The van der Waals surface area contributed by atoms with E-state index < -0.39 is 16.1 Å². The maximum Gasteiger partial charge on any atom is 0.271 e. The third-order valence-corrected chi connectivity index (χ3v) is 6.47. The van der Waals surface area contributed by atoms with Gasteiger partial charge in [-0.05, 0) is 38.3 Å². The van der Waals surface area contributed by atoms with Crippen molar-refractivity contribution in [2.24, 2.45) is 0 Å². The molecular formula is C20H26N4O5S. The van der Waals surface area contributed by atoms with Gasteiger partial charge in [0.1, 0.15) is 11.8 Å². The Hall–Kier alpha value is -2.40. The molecule has 3 N–H and O–H groups in total. The Morgan fingerprint density at radius 3 is 2.67 bits per heavy atom. The number of rotatable bonds is 8. The van der Waals surface area contributed by atoms with Crippen molar-refractivity contribution >= 4 is 15.9 Å². The lowest BCUT2D eigenvalue weighted by Gasteiger charge is -2.36. The number of amides is 1. The second-order valence-corrected chi connectivity index (χ2v) is 8.99. The normalized spacial score (nSPS) is 21.9. The minimum atomic E-state index is -3.58. The number of sulfonamides is 1. The first-order valence-corrected chi connectivity index (χ1v) is 11.3. The molecule has 0 unspecified atom stereocenters.